The summed E-state index contributed by atoms with van der Waals surface area (Å²) in [5, 5.41) is 21.6. The summed E-state index contributed by atoms with van der Waals surface area (Å²) >= 11 is 0. The minimum Gasteiger partial charge on any atom is -0.396 e. The molecule has 1 atom stereocenters. The van der Waals surface area contributed by atoms with E-state index in [9.17, 15) is 5.11 Å². The third kappa shape index (κ3) is 3.20. The molecule has 0 radical (unpaired) electrons. The summed E-state index contributed by atoms with van der Waals surface area (Å²) in [5.41, 5.74) is -0.179. The standard InChI is InChI=1S/C10H21NO3/c1-9(7-12)6-11-10(8-13)2-4-14-5-3-10/h9,11-13H,2-8H2,1H3. The van der Waals surface area contributed by atoms with Crippen molar-refractivity contribution in [3.05, 3.63) is 0 Å². The molecule has 4 heteroatoms. The van der Waals surface area contributed by atoms with Crippen molar-refractivity contribution in [2.24, 2.45) is 5.92 Å². The van der Waals surface area contributed by atoms with Crippen LogP contribution in [0, 0.1) is 5.92 Å². The number of hydrogen-bond donors (Lipinski definition) is 3. The lowest BCUT2D eigenvalue weighted by atomic mass is 9.90. The van der Waals surface area contributed by atoms with Gasteiger partial charge in [0, 0.05) is 31.9 Å². The lowest BCUT2D eigenvalue weighted by Gasteiger charge is -2.37. The van der Waals surface area contributed by atoms with Crippen LogP contribution < -0.4 is 5.32 Å². The lowest BCUT2D eigenvalue weighted by Crippen LogP contribution is -2.53. The van der Waals surface area contributed by atoms with Gasteiger partial charge in [0.25, 0.3) is 0 Å². The zero-order valence-corrected chi connectivity index (χ0v) is 8.83. The summed E-state index contributed by atoms with van der Waals surface area (Å²) in [6.45, 7) is 4.48. The molecule has 3 N–H and O–H groups in total. The SMILES string of the molecule is CC(CO)CNC1(CO)CCOCC1. The van der Waals surface area contributed by atoms with E-state index >= 15 is 0 Å². The van der Waals surface area contributed by atoms with Crippen LogP contribution >= 0.6 is 0 Å². The van der Waals surface area contributed by atoms with Crippen LogP contribution in [0.1, 0.15) is 19.8 Å². The van der Waals surface area contributed by atoms with E-state index in [1.165, 1.54) is 0 Å². The third-order valence-corrected chi connectivity index (χ3v) is 2.89. The van der Waals surface area contributed by atoms with Gasteiger partial charge in [0.2, 0.25) is 0 Å². The zero-order valence-electron chi connectivity index (χ0n) is 8.83. The molecule has 0 aromatic carbocycles. The first kappa shape index (κ1) is 11.9. The second kappa shape index (κ2) is 5.66. The van der Waals surface area contributed by atoms with E-state index in [0.717, 1.165) is 19.4 Å². The van der Waals surface area contributed by atoms with Crippen molar-refractivity contribution in [2.75, 3.05) is 33.0 Å². The van der Waals surface area contributed by atoms with Gasteiger partial charge in [0.1, 0.15) is 0 Å². The Labute approximate surface area is 85.3 Å². The van der Waals surface area contributed by atoms with Crippen molar-refractivity contribution in [1.29, 1.82) is 0 Å². The number of aliphatic hydroxyl groups is 2. The fraction of sp³-hybridized carbons (Fsp3) is 1.00. The first-order valence-corrected chi connectivity index (χ1v) is 5.27. The normalized spacial score (nSPS) is 23.4. The molecule has 1 rings (SSSR count). The molecule has 0 aliphatic carbocycles. The Morgan fingerprint density at radius 2 is 2.00 bits per heavy atom. The van der Waals surface area contributed by atoms with Crippen molar-refractivity contribution in [2.45, 2.75) is 25.3 Å². The second-order valence-corrected chi connectivity index (χ2v) is 4.22. The molecule has 84 valence electrons. The van der Waals surface area contributed by atoms with Gasteiger partial charge in [-0.15, -0.1) is 0 Å². The summed E-state index contributed by atoms with van der Waals surface area (Å²) in [7, 11) is 0. The van der Waals surface area contributed by atoms with Gasteiger partial charge in [0.15, 0.2) is 0 Å². The van der Waals surface area contributed by atoms with E-state index in [2.05, 4.69) is 5.32 Å². The lowest BCUT2D eigenvalue weighted by molar-refractivity contribution is 0.00960. The van der Waals surface area contributed by atoms with E-state index in [1.54, 1.807) is 0 Å². The summed E-state index contributed by atoms with van der Waals surface area (Å²) < 4.78 is 5.26. The van der Waals surface area contributed by atoms with Crippen LogP contribution in [0.2, 0.25) is 0 Å². The molecule has 0 amide bonds. The van der Waals surface area contributed by atoms with Gasteiger partial charge in [-0.2, -0.15) is 0 Å². The van der Waals surface area contributed by atoms with Gasteiger partial charge >= 0.3 is 0 Å². The van der Waals surface area contributed by atoms with Crippen molar-refractivity contribution >= 4 is 0 Å². The molecule has 4 nitrogen and oxygen atoms in total. The van der Waals surface area contributed by atoms with E-state index in [4.69, 9.17) is 9.84 Å². The average Bonchev–Trinajstić information content (AvgIpc) is 2.27. The molecule has 1 fully saturated rings. The second-order valence-electron chi connectivity index (χ2n) is 4.22. The highest BCUT2D eigenvalue weighted by molar-refractivity contribution is 4.89. The Kier molecular flexibility index (Phi) is 4.81. The van der Waals surface area contributed by atoms with Crippen molar-refractivity contribution < 1.29 is 14.9 Å². The van der Waals surface area contributed by atoms with Gasteiger partial charge in [-0.1, -0.05) is 6.92 Å². The Balaban J connectivity index is 2.36. The van der Waals surface area contributed by atoms with Crippen molar-refractivity contribution in [1.82, 2.24) is 5.32 Å². The predicted molar refractivity (Wildman–Crippen MR) is 54.1 cm³/mol. The largest absolute Gasteiger partial charge is 0.396 e. The van der Waals surface area contributed by atoms with Crippen molar-refractivity contribution in [3.8, 4) is 0 Å². The molecule has 0 spiro atoms. The van der Waals surface area contributed by atoms with Crippen LogP contribution in [0.5, 0.6) is 0 Å². The minimum absolute atomic E-state index is 0.147. The van der Waals surface area contributed by atoms with Gasteiger partial charge in [-0.05, 0) is 18.8 Å². The topological polar surface area (TPSA) is 61.7 Å². The molecule has 0 aromatic rings. The maximum absolute atomic E-state index is 9.35. The smallest absolute Gasteiger partial charge is 0.0615 e. The summed E-state index contributed by atoms with van der Waals surface area (Å²) in [4.78, 5) is 0. The van der Waals surface area contributed by atoms with E-state index in [0.29, 0.717) is 13.2 Å². The van der Waals surface area contributed by atoms with Crippen LogP contribution in [0.3, 0.4) is 0 Å². The molecule has 0 aromatic heterocycles. The molecule has 1 unspecified atom stereocenters. The van der Waals surface area contributed by atoms with Crippen LogP contribution in [-0.2, 0) is 4.74 Å². The van der Waals surface area contributed by atoms with E-state index in [1.807, 2.05) is 6.92 Å². The van der Waals surface area contributed by atoms with Gasteiger partial charge in [-0.3, -0.25) is 0 Å². The number of hydrogen-bond acceptors (Lipinski definition) is 4. The predicted octanol–water partition coefficient (Wildman–Crippen LogP) is -0.254. The molecule has 0 bridgehead atoms. The Morgan fingerprint density at radius 3 is 2.50 bits per heavy atom. The van der Waals surface area contributed by atoms with E-state index < -0.39 is 0 Å². The Morgan fingerprint density at radius 1 is 1.36 bits per heavy atom. The van der Waals surface area contributed by atoms with Gasteiger partial charge in [-0.25, -0.2) is 0 Å². The third-order valence-electron chi connectivity index (χ3n) is 2.89. The molecule has 1 aliphatic heterocycles. The number of rotatable bonds is 5. The van der Waals surface area contributed by atoms with Crippen molar-refractivity contribution in [3.63, 3.8) is 0 Å². The molecule has 0 saturated carbocycles. The number of aliphatic hydroxyl groups excluding tert-OH is 2. The average molecular weight is 203 g/mol. The highest BCUT2D eigenvalue weighted by Gasteiger charge is 2.31. The first-order chi connectivity index (χ1) is 6.72. The van der Waals surface area contributed by atoms with Crippen LogP contribution in [0.25, 0.3) is 0 Å². The minimum atomic E-state index is -0.179. The maximum atomic E-state index is 9.35. The summed E-state index contributed by atoms with van der Waals surface area (Å²) in [6.07, 6.45) is 1.70. The summed E-state index contributed by atoms with van der Waals surface area (Å²) in [5.74, 6) is 0.237. The highest BCUT2D eigenvalue weighted by Crippen LogP contribution is 2.20. The summed E-state index contributed by atoms with van der Waals surface area (Å²) in [6, 6.07) is 0. The molecular weight excluding hydrogens is 182 g/mol. The maximum Gasteiger partial charge on any atom is 0.0615 e. The number of nitrogens with one attached hydrogen (secondary N) is 1. The zero-order chi connectivity index (χ0) is 10.4. The molecule has 14 heavy (non-hydrogen) atoms. The Hall–Kier alpha value is -0.160. The molecule has 1 aliphatic rings. The van der Waals surface area contributed by atoms with Gasteiger partial charge < -0.3 is 20.3 Å². The molecular formula is C10H21NO3. The molecule has 1 saturated heterocycles. The first-order valence-electron chi connectivity index (χ1n) is 5.27. The van der Waals surface area contributed by atoms with Gasteiger partial charge in [0.05, 0.1) is 6.61 Å². The Bertz CT molecular complexity index is 157. The monoisotopic (exact) mass is 203 g/mol. The quantitative estimate of drug-likeness (QED) is 0.576. The van der Waals surface area contributed by atoms with E-state index in [-0.39, 0.29) is 24.7 Å². The fourth-order valence-corrected chi connectivity index (χ4v) is 1.61. The fourth-order valence-electron chi connectivity index (χ4n) is 1.61. The highest BCUT2D eigenvalue weighted by atomic mass is 16.5. The van der Waals surface area contributed by atoms with Crippen LogP contribution in [0.4, 0.5) is 0 Å². The molecule has 1 heterocycles. The number of ether oxygens (including phenoxy) is 1. The van der Waals surface area contributed by atoms with Crippen LogP contribution in [0.15, 0.2) is 0 Å². The van der Waals surface area contributed by atoms with Crippen LogP contribution in [-0.4, -0.2) is 48.7 Å².